The minimum Gasteiger partial charge on any atom is -0.479 e. The molecule has 7 nitrogen and oxygen atoms in total. The average molecular weight is 246 g/mol. The first-order chi connectivity index (χ1) is 7.87. The molecule has 0 aromatic carbocycles. The lowest BCUT2D eigenvalue weighted by atomic mass is 9.99. The number of rotatable bonds is 4. The molecule has 1 saturated heterocycles. The maximum atomic E-state index is 11.7. The zero-order chi connectivity index (χ0) is 13.1. The van der Waals surface area contributed by atoms with Crippen LogP contribution in [0, 0.1) is 0 Å². The molecule has 2 amide bonds. The van der Waals surface area contributed by atoms with Gasteiger partial charge in [0.1, 0.15) is 0 Å². The standard InChI is InChI=1S/C10H18N2O5/c1-7(13)5-12(2)9(16)11-10(8(14)15)3-4-17-6-10/h7,13H,3-6H2,1-2H3,(H,11,16)(H,14,15). The van der Waals surface area contributed by atoms with Crippen molar-refractivity contribution in [1.29, 1.82) is 0 Å². The van der Waals surface area contributed by atoms with Crippen LogP contribution < -0.4 is 5.32 Å². The fraction of sp³-hybridized carbons (Fsp3) is 0.800. The predicted octanol–water partition coefficient (Wildman–Crippen LogP) is -0.748. The van der Waals surface area contributed by atoms with Gasteiger partial charge < -0.3 is 25.2 Å². The van der Waals surface area contributed by atoms with Gasteiger partial charge in [0.25, 0.3) is 0 Å². The Balaban J connectivity index is 2.62. The lowest BCUT2D eigenvalue weighted by Crippen LogP contribution is -2.58. The molecule has 0 saturated carbocycles. The molecule has 1 heterocycles. The Hall–Kier alpha value is -1.34. The first-order valence-electron chi connectivity index (χ1n) is 5.40. The van der Waals surface area contributed by atoms with Crippen molar-refractivity contribution in [1.82, 2.24) is 10.2 Å². The molecule has 0 radical (unpaired) electrons. The van der Waals surface area contributed by atoms with Crippen LogP contribution in [-0.4, -0.2) is 65.6 Å². The fourth-order valence-corrected chi connectivity index (χ4v) is 1.67. The third-order valence-corrected chi connectivity index (χ3v) is 2.66. The monoisotopic (exact) mass is 246 g/mol. The van der Waals surface area contributed by atoms with Gasteiger partial charge in [-0.25, -0.2) is 9.59 Å². The summed E-state index contributed by atoms with van der Waals surface area (Å²) in [6.07, 6.45) is -0.414. The Bertz CT molecular complexity index is 299. The number of aliphatic hydroxyl groups excluding tert-OH is 1. The van der Waals surface area contributed by atoms with Gasteiger partial charge >= 0.3 is 12.0 Å². The molecular weight excluding hydrogens is 228 g/mol. The summed E-state index contributed by atoms with van der Waals surface area (Å²) < 4.78 is 5.02. The Morgan fingerprint density at radius 3 is 2.65 bits per heavy atom. The molecule has 1 aliphatic heterocycles. The van der Waals surface area contributed by atoms with Gasteiger partial charge in [0.2, 0.25) is 0 Å². The second-order valence-corrected chi connectivity index (χ2v) is 4.35. The van der Waals surface area contributed by atoms with E-state index >= 15 is 0 Å². The quantitative estimate of drug-likeness (QED) is 0.606. The van der Waals surface area contributed by atoms with Crippen LogP contribution in [0.5, 0.6) is 0 Å². The molecule has 0 aromatic rings. The molecular formula is C10H18N2O5. The van der Waals surface area contributed by atoms with Crippen molar-refractivity contribution in [3.8, 4) is 0 Å². The summed E-state index contributed by atoms with van der Waals surface area (Å²) in [6, 6.07) is -0.529. The summed E-state index contributed by atoms with van der Waals surface area (Å²) in [4.78, 5) is 24.1. The number of carboxylic acid groups (broad SMARTS) is 1. The maximum absolute atomic E-state index is 11.7. The Kier molecular flexibility index (Phi) is 4.30. The number of carbonyl (C=O) groups excluding carboxylic acids is 1. The van der Waals surface area contributed by atoms with E-state index in [2.05, 4.69) is 5.32 Å². The van der Waals surface area contributed by atoms with E-state index in [-0.39, 0.29) is 19.6 Å². The maximum Gasteiger partial charge on any atom is 0.332 e. The Labute approximate surface area is 99.4 Å². The van der Waals surface area contributed by atoms with E-state index < -0.39 is 23.6 Å². The number of aliphatic carboxylic acids is 1. The van der Waals surface area contributed by atoms with Crippen molar-refractivity contribution in [3.05, 3.63) is 0 Å². The molecule has 3 N–H and O–H groups in total. The third-order valence-electron chi connectivity index (χ3n) is 2.66. The number of hydrogen-bond acceptors (Lipinski definition) is 4. The number of nitrogens with one attached hydrogen (secondary N) is 1. The van der Waals surface area contributed by atoms with Crippen molar-refractivity contribution in [2.45, 2.75) is 25.0 Å². The summed E-state index contributed by atoms with van der Waals surface area (Å²) in [6.45, 7) is 1.97. The number of ether oxygens (including phenoxy) is 1. The summed E-state index contributed by atoms with van der Waals surface area (Å²) in [5, 5.41) is 20.7. The first-order valence-corrected chi connectivity index (χ1v) is 5.40. The van der Waals surface area contributed by atoms with Crippen LogP contribution >= 0.6 is 0 Å². The Morgan fingerprint density at radius 2 is 2.24 bits per heavy atom. The minimum atomic E-state index is -1.34. The number of hydrogen-bond donors (Lipinski definition) is 3. The topological polar surface area (TPSA) is 99.1 Å². The van der Waals surface area contributed by atoms with E-state index in [9.17, 15) is 9.59 Å². The molecule has 0 aliphatic carbocycles. The van der Waals surface area contributed by atoms with E-state index in [0.29, 0.717) is 6.61 Å². The molecule has 0 bridgehead atoms. The lowest BCUT2D eigenvalue weighted by molar-refractivity contribution is -0.144. The fourth-order valence-electron chi connectivity index (χ4n) is 1.67. The number of likely N-dealkylation sites (N-methyl/N-ethyl adjacent to an activating group) is 1. The van der Waals surface area contributed by atoms with E-state index in [1.807, 2.05) is 0 Å². The molecule has 17 heavy (non-hydrogen) atoms. The molecule has 1 aliphatic rings. The molecule has 2 unspecified atom stereocenters. The van der Waals surface area contributed by atoms with Crippen molar-refractivity contribution in [2.75, 3.05) is 26.8 Å². The zero-order valence-electron chi connectivity index (χ0n) is 9.97. The van der Waals surface area contributed by atoms with E-state index in [1.54, 1.807) is 6.92 Å². The van der Waals surface area contributed by atoms with Gasteiger partial charge in [0, 0.05) is 26.6 Å². The smallest absolute Gasteiger partial charge is 0.332 e. The van der Waals surface area contributed by atoms with Gasteiger partial charge in [0.05, 0.1) is 12.7 Å². The molecule has 98 valence electrons. The largest absolute Gasteiger partial charge is 0.479 e. The minimum absolute atomic E-state index is 0.0312. The first kappa shape index (κ1) is 13.7. The predicted molar refractivity (Wildman–Crippen MR) is 58.6 cm³/mol. The number of amides is 2. The number of nitrogens with zero attached hydrogens (tertiary/aromatic N) is 1. The van der Waals surface area contributed by atoms with Crippen LogP contribution in [0.4, 0.5) is 4.79 Å². The molecule has 0 aromatic heterocycles. The average Bonchev–Trinajstić information content (AvgIpc) is 2.66. The van der Waals surface area contributed by atoms with Crippen LogP contribution in [-0.2, 0) is 9.53 Å². The summed E-state index contributed by atoms with van der Waals surface area (Å²) in [7, 11) is 1.49. The van der Waals surface area contributed by atoms with Gasteiger partial charge in [0.15, 0.2) is 5.54 Å². The van der Waals surface area contributed by atoms with Crippen molar-refractivity contribution >= 4 is 12.0 Å². The highest BCUT2D eigenvalue weighted by Crippen LogP contribution is 2.19. The molecule has 1 rings (SSSR count). The van der Waals surface area contributed by atoms with Gasteiger partial charge in [-0.2, -0.15) is 0 Å². The normalized spacial score (nSPS) is 25.4. The van der Waals surface area contributed by atoms with E-state index in [4.69, 9.17) is 14.9 Å². The molecule has 2 atom stereocenters. The van der Waals surface area contributed by atoms with Crippen LogP contribution in [0.3, 0.4) is 0 Å². The number of carbonyl (C=O) groups is 2. The number of carboxylic acids is 1. The summed E-state index contributed by atoms with van der Waals surface area (Å²) in [5.74, 6) is -1.10. The van der Waals surface area contributed by atoms with E-state index in [0.717, 1.165) is 0 Å². The molecule has 0 spiro atoms. The second-order valence-electron chi connectivity index (χ2n) is 4.35. The van der Waals surface area contributed by atoms with Crippen molar-refractivity contribution < 1.29 is 24.5 Å². The van der Waals surface area contributed by atoms with Crippen LogP contribution in [0.25, 0.3) is 0 Å². The van der Waals surface area contributed by atoms with Gasteiger partial charge in [-0.3, -0.25) is 0 Å². The highest BCUT2D eigenvalue weighted by molar-refractivity contribution is 5.86. The van der Waals surface area contributed by atoms with Gasteiger partial charge in [-0.05, 0) is 6.92 Å². The van der Waals surface area contributed by atoms with Gasteiger partial charge in [-0.15, -0.1) is 0 Å². The third kappa shape index (κ3) is 3.31. The molecule has 7 heteroatoms. The van der Waals surface area contributed by atoms with Crippen LogP contribution in [0.15, 0.2) is 0 Å². The van der Waals surface area contributed by atoms with Crippen molar-refractivity contribution in [3.63, 3.8) is 0 Å². The highest BCUT2D eigenvalue weighted by Gasteiger charge is 2.44. The van der Waals surface area contributed by atoms with Crippen LogP contribution in [0.2, 0.25) is 0 Å². The summed E-state index contributed by atoms with van der Waals surface area (Å²) in [5.41, 5.74) is -1.34. The zero-order valence-corrected chi connectivity index (χ0v) is 9.97. The molecule has 1 fully saturated rings. The van der Waals surface area contributed by atoms with Crippen molar-refractivity contribution in [2.24, 2.45) is 0 Å². The second kappa shape index (κ2) is 5.33. The van der Waals surface area contributed by atoms with Gasteiger partial charge in [-0.1, -0.05) is 0 Å². The summed E-state index contributed by atoms with van der Waals surface area (Å²) >= 11 is 0. The SMILES string of the molecule is CC(O)CN(C)C(=O)NC1(C(=O)O)CCOC1. The lowest BCUT2D eigenvalue weighted by Gasteiger charge is -2.27. The number of aliphatic hydroxyl groups is 1. The van der Waals surface area contributed by atoms with E-state index in [1.165, 1.54) is 11.9 Å². The van der Waals surface area contributed by atoms with Crippen LogP contribution in [0.1, 0.15) is 13.3 Å². The Morgan fingerprint density at radius 1 is 1.59 bits per heavy atom. The highest BCUT2D eigenvalue weighted by atomic mass is 16.5. The number of urea groups is 1.